The van der Waals surface area contributed by atoms with Crippen molar-refractivity contribution >= 4 is 35.1 Å². The fourth-order valence-corrected chi connectivity index (χ4v) is 2.37. The first-order valence-corrected chi connectivity index (χ1v) is 8.51. The van der Waals surface area contributed by atoms with Gasteiger partial charge in [-0.15, -0.1) is 0 Å². The van der Waals surface area contributed by atoms with Gasteiger partial charge in [-0.05, 0) is 24.3 Å². The third kappa shape index (κ3) is 5.24. The minimum atomic E-state index is -1.15. The van der Waals surface area contributed by atoms with E-state index in [2.05, 4.69) is 0 Å². The van der Waals surface area contributed by atoms with Crippen LogP contribution in [0.5, 0.6) is 23.0 Å². The summed E-state index contributed by atoms with van der Waals surface area (Å²) in [5.74, 6) is -5.02. The molecule has 0 amide bonds. The van der Waals surface area contributed by atoms with Crippen LogP contribution in [-0.2, 0) is 9.59 Å². The molecule has 0 aliphatic heterocycles. The first kappa shape index (κ1) is 21.7. The number of rotatable bonds is 6. The second kappa shape index (κ2) is 9.07. The molecular weight excluding hydrogens is 421 g/mol. The highest BCUT2D eigenvalue weighted by atomic mass is 35.5. The molecule has 0 aliphatic carbocycles. The largest absolute Gasteiger partial charge is 0.451 e. The zero-order valence-corrected chi connectivity index (χ0v) is 16.4. The SMILES string of the molecule is CC(=O)Oc1c(OC(C)Oc2ccc(Cl)c(F)c2OC(C)=O)ccc(Cl)c1F. The van der Waals surface area contributed by atoms with Gasteiger partial charge in [-0.1, -0.05) is 23.2 Å². The quantitative estimate of drug-likeness (QED) is 0.364. The molecule has 0 unspecified atom stereocenters. The van der Waals surface area contributed by atoms with Crippen LogP contribution in [0.15, 0.2) is 24.3 Å². The van der Waals surface area contributed by atoms with Crippen molar-refractivity contribution in [3.63, 3.8) is 0 Å². The van der Waals surface area contributed by atoms with Crippen LogP contribution < -0.4 is 18.9 Å². The van der Waals surface area contributed by atoms with E-state index in [1.165, 1.54) is 31.2 Å². The van der Waals surface area contributed by atoms with E-state index in [0.717, 1.165) is 13.8 Å². The lowest BCUT2D eigenvalue weighted by Gasteiger charge is -2.20. The highest BCUT2D eigenvalue weighted by Gasteiger charge is 2.22. The number of ether oxygens (including phenoxy) is 4. The zero-order valence-electron chi connectivity index (χ0n) is 14.8. The second-order valence-electron chi connectivity index (χ2n) is 5.37. The Morgan fingerprint density at radius 2 is 1.18 bits per heavy atom. The van der Waals surface area contributed by atoms with E-state index >= 15 is 0 Å². The van der Waals surface area contributed by atoms with E-state index in [-0.39, 0.29) is 21.5 Å². The van der Waals surface area contributed by atoms with Crippen molar-refractivity contribution in [3.05, 3.63) is 45.9 Å². The van der Waals surface area contributed by atoms with Gasteiger partial charge in [0.15, 0.2) is 23.1 Å². The Bertz CT molecular complexity index is 846. The Morgan fingerprint density at radius 3 is 1.50 bits per heavy atom. The standard InChI is InChI=1S/C18H14Cl2F2O6/c1-8(23)25-17-13(6-4-11(19)15(17)21)27-10(3)28-14-7-5-12(20)16(22)18(14)26-9(2)24/h4-7,10H,1-3H3. The van der Waals surface area contributed by atoms with Crippen LogP contribution in [-0.4, -0.2) is 18.2 Å². The topological polar surface area (TPSA) is 71.1 Å². The molecule has 0 fully saturated rings. The lowest BCUT2D eigenvalue weighted by molar-refractivity contribution is -0.133. The molecule has 28 heavy (non-hydrogen) atoms. The number of esters is 2. The van der Waals surface area contributed by atoms with Crippen molar-refractivity contribution < 1.29 is 37.3 Å². The summed E-state index contributed by atoms with van der Waals surface area (Å²) >= 11 is 11.4. The number of carbonyl (C=O) groups is 2. The van der Waals surface area contributed by atoms with Gasteiger partial charge in [0.2, 0.25) is 17.8 Å². The van der Waals surface area contributed by atoms with Crippen molar-refractivity contribution in [1.29, 1.82) is 0 Å². The van der Waals surface area contributed by atoms with E-state index < -0.39 is 41.4 Å². The van der Waals surface area contributed by atoms with Crippen molar-refractivity contribution in [2.75, 3.05) is 0 Å². The smallest absolute Gasteiger partial charge is 0.308 e. The summed E-state index contributed by atoms with van der Waals surface area (Å²) in [6, 6.07) is 4.91. The van der Waals surface area contributed by atoms with E-state index in [9.17, 15) is 18.4 Å². The molecule has 0 saturated carbocycles. The Balaban J connectivity index is 2.29. The highest BCUT2D eigenvalue weighted by Crippen LogP contribution is 2.38. The summed E-state index contributed by atoms with van der Waals surface area (Å²) in [5.41, 5.74) is 0. The molecule has 0 N–H and O–H groups in total. The van der Waals surface area contributed by atoms with Crippen molar-refractivity contribution in [1.82, 2.24) is 0 Å². The maximum atomic E-state index is 14.2. The molecule has 0 aliphatic rings. The predicted octanol–water partition coefficient (Wildman–Crippen LogP) is 4.93. The van der Waals surface area contributed by atoms with E-state index in [4.69, 9.17) is 42.1 Å². The maximum absolute atomic E-state index is 14.2. The Morgan fingerprint density at radius 1 is 0.821 bits per heavy atom. The molecule has 10 heteroatoms. The van der Waals surface area contributed by atoms with Crippen LogP contribution >= 0.6 is 23.2 Å². The molecule has 0 aromatic heterocycles. The van der Waals surface area contributed by atoms with Gasteiger partial charge in [0.25, 0.3) is 0 Å². The Kier molecular flexibility index (Phi) is 7.04. The monoisotopic (exact) mass is 434 g/mol. The minimum absolute atomic E-state index is 0.187. The molecule has 2 rings (SSSR count). The lowest BCUT2D eigenvalue weighted by atomic mass is 10.3. The molecular formula is C18H14Cl2F2O6. The second-order valence-corrected chi connectivity index (χ2v) is 6.18. The van der Waals surface area contributed by atoms with Gasteiger partial charge >= 0.3 is 11.9 Å². The zero-order chi connectivity index (χ0) is 21.0. The molecule has 2 aromatic carbocycles. The molecule has 0 heterocycles. The number of hydrogen-bond acceptors (Lipinski definition) is 6. The molecule has 2 aromatic rings. The van der Waals surface area contributed by atoms with Gasteiger partial charge in [-0.3, -0.25) is 9.59 Å². The molecule has 6 nitrogen and oxygen atoms in total. The summed E-state index contributed by atoms with van der Waals surface area (Å²) < 4.78 is 48.7. The third-order valence-corrected chi connectivity index (χ3v) is 3.69. The average Bonchev–Trinajstić information content (AvgIpc) is 2.60. The Hall–Kier alpha value is -2.58. The summed E-state index contributed by atoms with van der Waals surface area (Å²) in [7, 11) is 0. The van der Waals surface area contributed by atoms with Crippen LogP contribution in [0.1, 0.15) is 20.8 Å². The molecule has 0 radical (unpaired) electrons. The van der Waals surface area contributed by atoms with Gasteiger partial charge < -0.3 is 18.9 Å². The molecule has 150 valence electrons. The van der Waals surface area contributed by atoms with Crippen molar-refractivity contribution in [2.24, 2.45) is 0 Å². The fraction of sp³-hybridized carbons (Fsp3) is 0.222. The normalized spacial score (nSPS) is 10.6. The van der Waals surface area contributed by atoms with Crippen molar-refractivity contribution in [3.8, 4) is 23.0 Å². The first-order chi connectivity index (χ1) is 13.1. The van der Waals surface area contributed by atoms with Gasteiger partial charge in [0, 0.05) is 20.8 Å². The number of carbonyl (C=O) groups excluding carboxylic acids is 2. The average molecular weight is 435 g/mol. The number of benzene rings is 2. The molecule has 0 atom stereocenters. The highest BCUT2D eigenvalue weighted by molar-refractivity contribution is 6.31. The van der Waals surface area contributed by atoms with Crippen LogP contribution in [0, 0.1) is 11.6 Å². The molecule has 0 spiro atoms. The van der Waals surface area contributed by atoms with E-state index in [1.807, 2.05) is 0 Å². The predicted molar refractivity (Wildman–Crippen MR) is 96.2 cm³/mol. The van der Waals surface area contributed by atoms with Crippen LogP contribution in [0.2, 0.25) is 10.0 Å². The van der Waals surface area contributed by atoms with Gasteiger partial charge in [0.1, 0.15) is 0 Å². The van der Waals surface area contributed by atoms with Crippen LogP contribution in [0.3, 0.4) is 0 Å². The molecule has 0 bridgehead atoms. The van der Waals surface area contributed by atoms with Gasteiger partial charge in [-0.2, -0.15) is 0 Å². The first-order valence-electron chi connectivity index (χ1n) is 7.76. The lowest BCUT2D eigenvalue weighted by Crippen LogP contribution is -2.21. The van der Waals surface area contributed by atoms with Crippen LogP contribution in [0.4, 0.5) is 8.78 Å². The van der Waals surface area contributed by atoms with Crippen LogP contribution in [0.25, 0.3) is 0 Å². The van der Waals surface area contributed by atoms with Crippen molar-refractivity contribution in [2.45, 2.75) is 27.1 Å². The molecule has 0 saturated heterocycles. The summed E-state index contributed by atoms with van der Waals surface area (Å²) in [5, 5.41) is -0.567. The minimum Gasteiger partial charge on any atom is -0.451 e. The summed E-state index contributed by atoms with van der Waals surface area (Å²) in [6.45, 7) is 3.55. The van der Waals surface area contributed by atoms with Gasteiger partial charge in [-0.25, -0.2) is 8.78 Å². The summed E-state index contributed by atoms with van der Waals surface area (Å²) in [6.07, 6.45) is -1.15. The summed E-state index contributed by atoms with van der Waals surface area (Å²) in [4.78, 5) is 22.4. The Labute approximate surface area is 168 Å². The number of hydrogen-bond donors (Lipinski definition) is 0. The van der Waals surface area contributed by atoms with E-state index in [1.54, 1.807) is 0 Å². The fourth-order valence-electron chi connectivity index (χ4n) is 2.07. The van der Waals surface area contributed by atoms with Gasteiger partial charge in [0.05, 0.1) is 10.0 Å². The third-order valence-electron chi connectivity index (χ3n) is 3.11. The maximum Gasteiger partial charge on any atom is 0.308 e. The van der Waals surface area contributed by atoms with E-state index in [0.29, 0.717) is 0 Å². The number of halogens is 4.